The quantitative estimate of drug-likeness (QED) is 0.307. The van der Waals surface area contributed by atoms with Crippen molar-refractivity contribution in [3.05, 3.63) is 57.0 Å². The van der Waals surface area contributed by atoms with Gasteiger partial charge in [-0.1, -0.05) is 23.7 Å². The normalized spacial score (nSPS) is 18.4. The number of hydrogen-bond donors (Lipinski definition) is 0. The standard InChI is InChI=1S/C23H26ClN4O3S2.HI/c1-28(2)12-7-20-21(15-28)32-22(25-20)23(29)26-8-10-27(11-9-26)33(30,31)19-6-4-16-13-18(24)5-3-17(16)14-19;/h3-6,13-14H,7-12,15H2,1-2H3;1H/q+1;/p-1. The molecule has 1 aromatic heterocycles. The second kappa shape index (κ2) is 9.62. The summed E-state index contributed by atoms with van der Waals surface area (Å²) in [6, 6.07) is 10.5. The molecule has 0 N–H and O–H groups in total. The number of quaternary nitrogens is 1. The molecule has 0 atom stereocenters. The first-order valence-electron chi connectivity index (χ1n) is 10.9. The van der Waals surface area contributed by atoms with E-state index in [0.29, 0.717) is 23.1 Å². The molecule has 3 aromatic rings. The Morgan fingerprint density at radius 1 is 1.06 bits per heavy atom. The first-order valence-corrected chi connectivity index (χ1v) is 13.6. The molecule has 1 fully saturated rings. The minimum absolute atomic E-state index is 0. The molecule has 3 heterocycles. The number of halogens is 2. The molecule has 2 aromatic carbocycles. The minimum atomic E-state index is -3.65. The van der Waals surface area contributed by atoms with Crippen molar-refractivity contribution in [2.75, 3.05) is 46.8 Å². The summed E-state index contributed by atoms with van der Waals surface area (Å²) in [4.78, 5) is 20.9. The number of amides is 1. The van der Waals surface area contributed by atoms with Crippen molar-refractivity contribution in [1.29, 1.82) is 0 Å². The van der Waals surface area contributed by atoms with Crippen LogP contribution in [-0.4, -0.2) is 79.8 Å². The van der Waals surface area contributed by atoms with Gasteiger partial charge < -0.3 is 33.4 Å². The smallest absolute Gasteiger partial charge is 0.282 e. The van der Waals surface area contributed by atoms with E-state index in [9.17, 15) is 13.2 Å². The van der Waals surface area contributed by atoms with E-state index in [1.165, 1.54) is 20.5 Å². The fourth-order valence-corrected chi connectivity index (χ4v) is 7.36. The van der Waals surface area contributed by atoms with Gasteiger partial charge in [0.05, 0.1) is 36.1 Å². The molecule has 5 rings (SSSR count). The highest BCUT2D eigenvalue weighted by atomic mass is 127. The van der Waals surface area contributed by atoms with Crippen LogP contribution in [0.3, 0.4) is 0 Å². The average molecular weight is 633 g/mol. The van der Waals surface area contributed by atoms with E-state index < -0.39 is 10.0 Å². The van der Waals surface area contributed by atoms with Crippen LogP contribution in [0.2, 0.25) is 5.02 Å². The number of rotatable bonds is 3. The third kappa shape index (κ3) is 4.98. The summed E-state index contributed by atoms with van der Waals surface area (Å²) in [6.07, 6.45) is 0.885. The summed E-state index contributed by atoms with van der Waals surface area (Å²) in [7, 11) is 0.733. The molecule has 182 valence electrons. The number of piperazine rings is 1. The van der Waals surface area contributed by atoms with Crippen molar-refractivity contribution in [3.8, 4) is 0 Å². The summed E-state index contributed by atoms with van der Waals surface area (Å²) >= 11 is 7.52. The first-order chi connectivity index (χ1) is 15.6. The highest BCUT2D eigenvalue weighted by molar-refractivity contribution is 7.89. The summed E-state index contributed by atoms with van der Waals surface area (Å²) in [5, 5.41) is 2.85. The molecular weight excluding hydrogens is 607 g/mol. The molecule has 1 saturated heterocycles. The lowest BCUT2D eigenvalue weighted by molar-refractivity contribution is -0.905. The van der Waals surface area contributed by atoms with E-state index in [1.54, 1.807) is 29.2 Å². The highest BCUT2D eigenvalue weighted by Crippen LogP contribution is 2.29. The largest absolute Gasteiger partial charge is 1.00 e. The number of carbonyl (C=O) groups is 1. The number of aromatic nitrogens is 1. The van der Waals surface area contributed by atoms with Crippen molar-refractivity contribution >= 4 is 49.6 Å². The molecule has 11 heteroatoms. The molecule has 34 heavy (non-hydrogen) atoms. The minimum Gasteiger partial charge on any atom is -1.00 e. The molecule has 0 radical (unpaired) electrons. The third-order valence-electron chi connectivity index (χ3n) is 6.42. The molecule has 7 nitrogen and oxygen atoms in total. The molecule has 0 aliphatic carbocycles. The summed E-state index contributed by atoms with van der Waals surface area (Å²) in [5.41, 5.74) is 1.04. The average Bonchev–Trinajstić information content (AvgIpc) is 3.20. The van der Waals surface area contributed by atoms with Crippen molar-refractivity contribution in [2.24, 2.45) is 0 Å². The summed E-state index contributed by atoms with van der Waals surface area (Å²) in [6.45, 7) is 3.15. The molecular formula is C23H26ClIN4O3S2. The molecule has 2 aliphatic heterocycles. The molecule has 0 unspecified atom stereocenters. The number of benzene rings is 2. The van der Waals surface area contributed by atoms with Crippen LogP contribution in [0.25, 0.3) is 10.8 Å². The predicted octanol–water partition coefficient (Wildman–Crippen LogP) is 0.233. The molecule has 0 bridgehead atoms. The van der Waals surface area contributed by atoms with Crippen LogP contribution in [0.1, 0.15) is 20.4 Å². The fourth-order valence-electron chi connectivity index (χ4n) is 4.44. The zero-order chi connectivity index (χ0) is 23.4. The van der Waals surface area contributed by atoms with Crippen LogP contribution >= 0.6 is 22.9 Å². The van der Waals surface area contributed by atoms with Gasteiger partial charge in [0.25, 0.3) is 5.91 Å². The predicted molar refractivity (Wildman–Crippen MR) is 130 cm³/mol. The van der Waals surface area contributed by atoms with Crippen LogP contribution in [0.15, 0.2) is 41.3 Å². The van der Waals surface area contributed by atoms with Crippen molar-refractivity contribution < 1.29 is 41.7 Å². The van der Waals surface area contributed by atoms with Crippen LogP contribution in [0.4, 0.5) is 0 Å². The van der Waals surface area contributed by atoms with E-state index >= 15 is 0 Å². The summed E-state index contributed by atoms with van der Waals surface area (Å²) < 4.78 is 28.8. The fraction of sp³-hybridized carbons (Fsp3) is 0.391. The van der Waals surface area contributed by atoms with E-state index in [-0.39, 0.29) is 47.9 Å². The van der Waals surface area contributed by atoms with Crippen LogP contribution in [0, 0.1) is 0 Å². The van der Waals surface area contributed by atoms with Gasteiger partial charge in [-0.3, -0.25) is 4.79 Å². The van der Waals surface area contributed by atoms with Crippen LogP contribution < -0.4 is 24.0 Å². The second-order valence-corrected chi connectivity index (χ2v) is 12.8. The number of hydrogen-bond acceptors (Lipinski definition) is 5. The van der Waals surface area contributed by atoms with Crippen molar-refractivity contribution in [3.63, 3.8) is 0 Å². The van der Waals surface area contributed by atoms with Crippen molar-refractivity contribution in [2.45, 2.75) is 17.9 Å². The lowest BCUT2D eigenvalue weighted by atomic mass is 10.1. The lowest BCUT2D eigenvalue weighted by Crippen LogP contribution is -3.00. The zero-order valence-corrected chi connectivity index (χ0v) is 23.5. The topological polar surface area (TPSA) is 70.6 Å². The number of nitrogens with zero attached hydrogens (tertiary/aromatic N) is 4. The number of likely N-dealkylation sites (N-methyl/N-ethyl adjacent to an activating group) is 1. The van der Waals surface area contributed by atoms with E-state index in [0.717, 1.165) is 40.5 Å². The van der Waals surface area contributed by atoms with Gasteiger partial charge in [-0.05, 0) is 35.0 Å². The first kappa shape index (κ1) is 25.8. The van der Waals surface area contributed by atoms with E-state index in [4.69, 9.17) is 11.6 Å². The molecule has 1 amide bonds. The molecule has 0 spiro atoms. The maximum Gasteiger partial charge on any atom is 0.282 e. The van der Waals surface area contributed by atoms with Gasteiger partial charge in [0.15, 0.2) is 5.01 Å². The lowest BCUT2D eigenvalue weighted by Gasteiger charge is -2.33. The van der Waals surface area contributed by atoms with Crippen LogP contribution in [-0.2, 0) is 23.0 Å². The third-order valence-corrected chi connectivity index (χ3v) is 9.62. The Morgan fingerprint density at radius 2 is 1.74 bits per heavy atom. The summed E-state index contributed by atoms with van der Waals surface area (Å²) in [5.74, 6) is -0.0978. The Bertz CT molecular complexity index is 1350. The number of thiazole rings is 1. The second-order valence-electron chi connectivity index (χ2n) is 9.31. The van der Waals surface area contributed by atoms with E-state index in [1.807, 2.05) is 12.1 Å². The monoisotopic (exact) mass is 632 g/mol. The molecule has 2 aliphatic rings. The molecule has 0 saturated carbocycles. The Labute approximate surface area is 226 Å². The van der Waals surface area contributed by atoms with Gasteiger partial charge >= 0.3 is 0 Å². The Hall–Kier alpha value is -1.31. The van der Waals surface area contributed by atoms with Crippen molar-refractivity contribution in [1.82, 2.24) is 14.2 Å². The van der Waals surface area contributed by atoms with Crippen LogP contribution in [0.5, 0.6) is 0 Å². The Kier molecular flexibility index (Phi) is 7.30. The maximum atomic E-state index is 13.2. The number of sulfonamides is 1. The Morgan fingerprint density at radius 3 is 2.47 bits per heavy atom. The van der Waals surface area contributed by atoms with Gasteiger partial charge in [0.2, 0.25) is 10.0 Å². The van der Waals surface area contributed by atoms with E-state index in [2.05, 4.69) is 19.1 Å². The zero-order valence-electron chi connectivity index (χ0n) is 19.0. The van der Waals surface area contributed by atoms with Gasteiger partial charge in [0, 0.05) is 37.6 Å². The van der Waals surface area contributed by atoms with Gasteiger partial charge in [-0.25, -0.2) is 13.4 Å². The van der Waals surface area contributed by atoms with Gasteiger partial charge in [0.1, 0.15) is 6.54 Å². The number of carbonyl (C=O) groups excluding carboxylic acids is 1. The maximum absolute atomic E-state index is 13.2. The SMILES string of the molecule is C[N+]1(C)CCc2nc(C(=O)N3CCN(S(=O)(=O)c4ccc5cc(Cl)ccc5c4)CC3)sc2C1.[I-]. The Balaban J connectivity index is 0.00000274. The number of fused-ring (bicyclic) bond motifs is 2. The van der Waals surface area contributed by atoms with Gasteiger partial charge in [-0.2, -0.15) is 4.31 Å². The highest BCUT2D eigenvalue weighted by Gasteiger charge is 2.33. The van der Waals surface area contributed by atoms with Gasteiger partial charge in [-0.15, -0.1) is 11.3 Å².